The van der Waals surface area contributed by atoms with Gasteiger partial charge >= 0.3 is 0 Å². The number of nitrogens with two attached hydrogens (primary N) is 1. The highest BCUT2D eigenvalue weighted by Gasteiger charge is 2.18. The van der Waals surface area contributed by atoms with Gasteiger partial charge in [-0.15, -0.1) is 6.58 Å². The molecule has 1 aliphatic carbocycles. The van der Waals surface area contributed by atoms with Crippen LogP contribution in [0.2, 0.25) is 0 Å². The zero-order valence-electron chi connectivity index (χ0n) is 10.4. The molecule has 2 nitrogen and oxygen atoms in total. The second kappa shape index (κ2) is 7.49. The van der Waals surface area contributed by atoms with E-state index in [0.29, 0.717) is 5.92 Å². The first-order valence-corrected chi connectivity index (χ1v) is 6.24. The summed E-state index contributed by atoms with van der Waals surface area (Å²) in [7, 11) is 2.07. The zero-order valence-corrected chi connectivity index (χ0v) is 10.4. The minimum Gasteiger partial charge on any atom is -0.330 e. The second-order valence-corrected chi connectivity index (χ2v) is 4.76. The van der Waals surface area contributed by atoms with Gasteiger partial charge in [0.15, 0.2) is 0 Å². The molecule has 0 unspecified atom stereocenters. The van der Waals surface area contributed by atoms with Gasteiger partial charge in [0, 0.05) is 12.5 Å². The Kier molecular flexibility index (Phi) is 6.22. The Labute approximate surface area is 99.9 Å². The van der Waals surface area contributed by atoms with Crippen molar-refractivity contribution in [3.8, 4) is 11.8 Å². The lowest BCUT2D eigenvalue weighted by molar-refractivity contribution is 0.323. The molecule has 0 aromatic heterocycles. The molecule has 1 fully saturated rings. The number of hydrogen-bond donors (Lipinski definition) is 1. The predicted octanol–water partition coefficient (Wildman–Crippen LogP) is 1.87. The summed E-state index contributed by atoms with van der Waals surface area (Å²) < 4.78 is 0. The van der Waals surface area contributed by atoms with Gasteiger partial charge in [-0.05, 0) is 45.2 Å². The molecule has 0 amide bonds. The number of likely N-dealkylation sites (N-methyl/N-ethyl adjacent to an activating group) is 1. The molecule has 2 N–H and O–H groups in total. The highest BCUT2D eigenvalue weighted by atomic mass is 15.1. The highest BCUT2D eigenvalue weighted by Crippen LogP contribution is 2.27. The van der Waals surface area contributed by atoms with E-state index >= 15 is 0 Å². The molecule has 90 valence electrons. The Morgan fingerprint density at radius 1 is 1.38 bits per heavy atom. The van der Waals surface area contributed by atoms with Gasteiger partial charge in [-0.1, -0.05) is 17.9 Å². The van der Waals surface area contributed by atoms with Crippen LogP contribution >= 0.6 is 0 Å². The summed E-state index contributed by atoms with van der Waals surface area (Å²) in [5.41, 5.74) is 5.67. The van der Waals surface area contributed by atoms with Crippen molar-refractivity contribution < 1.29 is 0 Å². The van der Waals surface area contributed by atoms with E-state index in [-0.39, 0.29) is 0 Å². The molecule has 1 rings (SSSR count). The van der Waals surface area contributed by atoms with Crippen molar-refractivity contribution in [1.29, 1.82) is 0 Å². The maximum atomic E-state index is 5.67. The average Bonchev–Trinajstić information content (AvgIpc) is 2.30. The molecule has 0 aliphatic heterocycles. The van der Waals surface area contributed by atoms with Gasteiger partial charge in [0.1, 0.15) is 0 Å². The van der Waals surface area contributed by atoms with Crippen molar-refractivity contribution in [2.24, 2.45) is 17.6 Å². The van der Waals surface area contributed by atoms with Crippen LogP contribution < -0.4 is 5.73 Å². The molecule has 1 aliphatic rings. The molecule has 0 aromatic rings. The summed E-state index contributed by atoms with van der Waals surface area (Å²) in [6, 6.07) is 0. The fraction of sp³-hybridized carbons (Fsp3) is 0.714. The van der Waals surface area contributed by atoms with Crippen LogP contribution in [0.25, 0.3) is 0 Å². The Morgan fingerprint density at radius 2 is 2.06 bits per heavy atom. The molecule has 0 atom stereocenters. The average molecular weight is 220 g/mol. The first-order valence-electron chi connectivity index (χ1n) is 6.24. The van der Waals surface area contributed by atoms with Crippen LogP contribution in [0.3, 0.4) is 0 Å². The smallest absolute Gasteiger partial charge is 0.0601 e. The van der Waals surface area contributed by atoms with Crippen LogP contribution in [-0.2, 0) is 0 Å². The summed E-state index contributed by atoms with van der Waals surface area (Å²) in [4.78, 5) is 2.17. The third kappa shape index (κ3) is 4.83. The highest BCUT2D eigenvalue weighted by molar-refractivity contribution is 5.06. The zero-order chi connectivity index (χ0) is 11.8. The van der Waals surface area contributed by atoms with E-state index in [4.69, 9.17) is 5.73 Å². The van der Waals surface area contributed by atoms with Gasteiger partial charge in [0.2, 0.25) is 0 Å². The SMILES string of the molecule is C=CCN(C)CC#CC1CCC(CN)CC1. The van der Waals surface area contributed by atoms with E-state index in [1.54, 1.807) is 0 Å². The van der Waals surface area contributed by atoms with Crippen molar-refractivity contribution in [3.63, 3.8) is 0 Å². The van der Waals surface area contributed by atoms with Crippen molar-refractivity contribution in [2.45, 2.75) is 25.7 Å². The summed E-state index contributed by atoms with van der Waals surface area (Å²) in [5, 5.41) is 0. The molecule has 0 aromatic carbocycles. The van der Waals surface area contributed by atoms with Crippen molar-refractivity contribution in [1.82, 2.24) is 4.90 Å². The van der Waals surface area contributed by atoms with Crippen LogP contribution in [0.4, 0.5) is 0 Å². The standard InChI is InChI=1S/C14H24N2/c1-3-10-16(2)11-4-5-13-6-8-14(12-15)9-7-13/h3,13-14H,1,6-12,15H2,2H3. The van der Waals surface area contributed by atoms with E-state index < -0.39 is 0 Å². The fourth-order valence-corrected chi connectivity index (χ4v) is 2.15. The van der Waals surface area contributed by atoms with Gasteiger partial charge in [0.05, 0.1) is 6.54 Å². The van der Waals surface area contributed by atoms with Crippen LogP contribution in [0.5, 0.6) is 0 Å². The van der Waals surface area contributed by atoms with E-state index in [0.717, 1.165) is 25.6 Å². The summed E-state index contributed by atoms with van der Waals surface area (Å²) in [5.74, 6) is 8.02. The largest absolute Gasteiger partial charge is 0.330 e. The van der Waals surface area contributed by atoms with Crippen LogP contribution in [0.1, 0.15) is 25.7 Å². The molecule has 0 bridgehead atoms. The Bertz CT molecular complexity index is 254. The molecule has 16 heavy (non-hydrogen) atoms. The fourth-order valence-electron chi connectivity index (χ4n) is 2.15. The molecular weight excluding hydrogens is 196 g/mol. The molecule has 0 saturated heterocycles. The molecule has 1 saturated carbocycles. The van der Waals surface area contributed by atoms with E-state index in [1.165, 1.54) is 25.7 Å². The van der Waals surface area contributed by atoms with E-state index in [1.807, 2.05) is 6.08 Å². The van der Waals surface area contributed by atoms with Crippen molar-refractivity contribution >= 4 is 0 Å². The first kappa shape index (κ1) is 13.3. The van der Waals surface area contributed by atoms with Gasteiger partial charge in [0.25, 0.3) is 0 Å². The first-order chi connectivity index (χ1) is 7.76. The minimum atomic E-state index is 0.611. The number of nitrogens with zero attached hydrogens (tertiary/aromatic N) is 1. The summed E-state index contributed by atoms with van der Waals surface area (Å²) >= 11 is 0. The topological polar surface area (TPSA) is 29.3 Å². The van der Waals surface area contributed by atoms with Crippen molar-refractivity contribution in [3.05, 3.63) is 12.7 Å². The number of rotatable bonds is 4. The molecular formula is C14H24N2. The summed E-state index contributed by atoms with van der Waals surface area (Å²) in [6.45, 7) is 6.33. The van der Waals surface area contributed by atoms with Gasteiger partial charge in [-0.25, -0.2) is 0 Å². The third-order valence-corrected chi connectivity index (χ3v) is 3.28. The Balaban J connectivity index is 2.22. The lowest BCUT2D eigenvalue weighted by atomic mass is 9.82. The Hall–Kier alpha value is -0.780. The van der Waals surface area contributed by atoms with Gasteiger partial charge in [-0.3, -0.25) is 4.90 Å². The van der Waals surface area contributed by atoms with E-state index in [9.17, 15) is 0 Å². The molecule has 0 spiro atoms. The monoisotopic (exact) mass is 220 g/mol. The van der Waals surface area contributed by atoms with Gasteiger partial charge < -0.3 is 5.73 Å². The quantitative estimate of drug-likeness (QED) is 0.579. The molecule has 0 heterocycles. The van der Waals surface area contributed by atoms with Crippen LogP contribution in [0.15, 0.2) is 12.7 Å². The van der Waals surface area contributed by atoms with Crippen LogP contribution in [-0.4, -0.2) is 31.6 Å². The third-order valence-electron chi connectivity index (χ3n) is 3.28. The summed E-state index contributed by atoms with van der Waals surface area (Å²) in [6.07, 6.45) is 6.91. The molecule has 0 radical (unpaired) electrons. The lowest BCUT2D eigenvalue weighted by Gasteiger charge is -2.24. The lowest BCUT2D eigenvalue weighted by Crippen LogP contribution is -2.21. The van der Waals surface area contributed by atoms with E-state index in [2.05, 4.69) is 30.4 Å². The maximum absolute atomic E-state index is 5.67. The number of hydrogen-bond acceptors (Lipinski definition) is 2. The normalized spacial score (nSPS) is 24.9. The molecule has 2 heteroatoms. The second-order valence-electron chi connectivity index (χ2n) is 4.76. The van der Waals surface area contributed by atoms with Crippen LogP contribution in [0, 0.1) is 23.7 Å². The maximum Gasteiger partial charge on any atom is 0.0601 e. The predicted molar refractivity (Wildman–Crippen MR) is 70.0 cm³/mol. The Morgan fingerprint density at radius 3 is 2.62 bits per heavy atom. The van der Waals surface area contributed by atoms with Crippen molar-refractivity contribution in [2.75, 3.05) is 26.7 Å². The minimum absolute atomic E-state index is 0.611. The van der Waals surface area contributed by atoms with Gasteiger partial charge in [-0.2, -0.15) is 0 Å².